The average molecular weight is 493 g/mol. The number of hydrogen-bond donors (Lipinski definition) is 2. The summed E-state index contributed by atoms with van der Waals surface area (Å²) in [5, 5.41) is 6.92. The van der Waals surface area contributed by atoms with Crippen molar-refractivity contribution in [3.05, 3.63) is 58.6 Å². The zero-order valence-electron chi connectivity index (χ0n) is 16.6. The van der Waals surface area contributed by atoms with Gasteiger partial charge in [0.05, 0.1) is 28.0 Å². The van der Waals surface area contributed by atoms with Gasteiger partial charge in [0, 0.05) is 23.3 Å². The van der Waals surface area contributed by atoms with E-state index in [-0.39, 0.29) is 22.7 Å². The molecule has 0 bridgehead atoms. The highest BCUT2D eigenvalue weighted by molar-refractivity contribution is 9.10. The van der Waals surface area contributed by atoms with Gasteiger partial charge in [0.2, 0.25) is 11.9 Å². The van der Waals surface area contributed by atoms with Gasteiger partial charge in [-0.15, -0.1) is 0 Å². The van der Waals surface area contributed by atoms with Crippen molar-refractivity contribution in [2.75, 3.05) is 10.0 Å². The lowest BCUT2D eigenvalue weighted by atomic mass is 10.1. The molecule has 1 amide bonds. The second-order valence-corrected chi connectivity index (χ2v) is 9.47. The molecule has 2 N–H and O–H groups in total. The van der Waals surface area contributed by atoms with Crippen LogP contribution in [0.15, 0.2) is 52.1 Å². The van der Waals surface area contributed by atoms with Gasteiger partial charge in [-0.2, -0.15) is 5.10 Å². The Morgan fingerprint density at radius 2 is 1.80 bits per heavy atom. The van der Waals surface area contributed by atoms with Crippen LogP contribution in [-0.2, 0) is 21.4 Å². The highest BCUT2D eigenvalue weighted by atomic mass is 79.9. The van der Waals surface area contributed by atoms with Crippen LogP contribution in [0, 0.1) is 19.8 Å². The molecule has 158 valence electrons. The Morgan fingerprint density at radius 3 is 2.37 bits per heavy atom. The Balaban J connectivity index is 1.65. The third kappa shape index (κ3) is 5.63. The van der Waals surface area contributed by atoms with Crippen molar-refractivity contribution in [1.82, 2.24) is 19.7 Å². The number of carbonyl (C=O) groups excluding carboxylic acids is 1. The van der Waals surface area contributed by atoms with E-state index < -0.39 is 10.0 Å². The lowest BCUT2D eigenvalue weighted by molar-refractivity contribution is -0.119. The summed E-state index contributed by atoms with van der Waals surface area (Å²) in [6, 6.07) is 7.64. The van der Waals surface area contributed by atoms with E-state index in [9.17, 15) is 13.2 Å². The number of nitrogens with one attached hydrogen (secondary N) is 2. The Morgan fingerprint density at radius 1 is 1.17 bits per heavy atom. The van der Waals surface area contributed by atoms with Crippen LogP contribution in [0.1, 0.15) is 18.3 Å². The molecule has 0 spiro atoms. The predicted octanol–water partition coefficient (Wildman–Crippen LogP) is 3.13. The molecule has 0 fully saturated rings. The van der Waals surface area contributed by atoms with Gasteiger partial charge in [0.25, 0.3) is 10.0 Å². The third-order valence-corrected chi connectivity index (χ3v) is 5.90. The largest absolute Gasteiger partial charge is 0.326 e. The van der Waals surface area contributed by atoms with Crippen LogP contribution in [0.25, 0.3) is 0 Å². The van der Waals surface area contributed by atoms with Crippen molar-refractivity contribution in [3.63, 3.8) is 0 Å². The number of anilines is 2. The lowest BCUT2D eigenvalue weighted by Crippen LogP contribution is -2.24. The molecule has 0 saturated carbocycles. The van der Waals surface area contributed by atoms with E-state index in [0.717, 1.165) is 4.47 Å². The second-order valence-electron chi connectivity index (χ2n) is 6.88. The molecular formula is C19H21BrN6O3S. The normalized spacial score (nSPS) is 12.4. The smallest absolute Gasteiger partial charge is 0.264 e. The van der Waals surface area contributed by atoms with Gasteiger partial charge in [-0.05, 0) is 60.1 Å². The zero-order chi connectivity index (χ0) is 21.9. The van der Waals surface area contributed by atoms with Crippen molar-refractivity contribution in [2.24, 2.45) is 5.92 Å². The molecule has 0 radical (unpaired) electrons. The number of halogens is 1. The zero-order valence-corrected chi connectivity index (χ0v) is 19.0. The Bertz CT molecular complexity index is 1140. The summed E-state index contributed by atoms with van der Waals surface area (Å²) >= 11 is 3.32. The van der Waals surface area contributed by atoms with Gasteiger partial charge in [-0.1, -0.05) is 6.92 Å². The fraction of sp³-hybridized carbons (Fsp3) is 0.263. The lowest BCUT2D eigenvalue weighted by Gasteiger charge is -2.13. The molecule has 11 heteroatoms. The molecule has 3 aromatic rings. The summed E-state index contributed by atoms with van der Waals surface area (Å²) in [6.07, 6.45) is 3.44. The van der Waals surface area contributed by atoms with Crippen LogP contribution >= 0.6 is 15.9 Å². The topological polar surface area (TPSA) is 119 Å². The van der Waals surface area contributed by atoms with Crippen molar-refractivity contribution in [2.45, 2.75) is 32.2 Å². The van der Waals surface area contributed by atoms with Gasteiger partial charge < -0.3 is 5.32 Å². The first-order chi connectivity index (χ1) is 14.1. The summed E-state index contributed by atoms with van der Waals surface area (Å²) < 4.78 is 30.0. The number of aryl methyl sites for hydroxylation is 2. The standard InChI is InChI=1S/C19H21BrN6O3S/c1-12(10-26-11-15(20)9-21-26)18(27)24-16-4-6-17(7-5-16)30(28,29)25-19-22-13(2)8-14(3)23-19/h4-9,11-12H,10H2,1-3H3,(H,24,27)(H,22,23,25). The average Bonchev–Trinajstić information content (AvgIpc) is 3.05. The highest BCUT2D eigenvalue weighted by Crippen LogP contribution is 2.18. The molecule has 3 rings (SSSR count). The fourth-order valence-corrected chi connectivity index (χ4v) is 4.01. The van der Waals surface area contributed by atoms with E-state index in [0.29, 0.717) is 23.6 Å². The maximum Gasteiger partial charge on any atom is 0.264 e. The van der Waals surface area contributed by atoms with Crippen molar-refractivity contribution >= 4 is 43.5 Å². The summed E-state index contributed by atoms with van der Waals surface area (Å²) in [4.78, 5) is 20.6. The first-order valence-electron chi connectivity index (χ1n) is 9.06. The van der Waals surface area contributed by atoms with Gasteiger partial charge >= 0.3 is 0 Å². The minimum Gasteiger partial charge on any atom is -0.326 e. The summed E-state index contributed by atoms with van der Waals surface area (Å²) in [7, 11) is -3.85. The molecule has 0 aliphatic heterocycles. The number of nitrogens with zero attached hydrogens (tertiary/aromatic N) is 4. The summed E-state index contributed by atoms with van der Waals surface area (Å²) in [5.41, 5.74) is 1.82. The molecule has 9 nitrogen and oxygen atoms in total. The number of aromatic nitrogens is 4. The van der Waals surface area contributed by atoms with E-state index in [1.165, 1.54) is 24.3 Å². The van der Waals surface area contributed by atoms with Crippen LogP contribution in [0.2, 0.25) is 0 Å². The van der Waals surface area contributed by atoms with E-state index in [4.69, 9.17) is 0 Å². The molecule has 0 saturated heterocycles. The van der Waals surface area contributed by atoms with Crippen LogP contribution < -0.4 is 10.0 Å². The molecule has 1 atom stereocenters. The van der Waals surface area contributed by atoms with E-state index in [1.54, 1.807) is 43.9 Å². The minimum atomic E-state index is -3.85. The van der Waals surface area contributed by atoms with Gasteiger partial charge in [-0.3, -0.25) is 9.48 Å². The third-order valence-electron chi connectivity index (χ3n) is 4.15. The van der Waals surface area contributed by atoms with Crippen molar-refractivity contribution in [3.8, 4) is 0 Å². The van der Waals surface area contributed by atoms with E-state index in [1.807, 2.05) is 0 Å². The first kappa shape index (κ1) is 21.9. The molecule has 2 heterocycles. The second kappa shape index (κ2) is 8.92. The molecule has 0 aliphatic rings. The van der Waals surface area contributed by atoms with Crippen LogP contribution in [-0.4, -0.2) is 34.1 Å². The number of hydrogen-bond acceptors (Lipinski definition) is 6. The molecule has 1 unspecified atom stereocenters. The number of benzene rings is 1. The monoisotopic (exact) mass is 492 g/mol. The predicted molar refractivity (Wildman–Crippen MR) is 116 cm³/mol. The molecule has 2 aromatic heterocycles. The molecule has 1 aromatic carbocycles. The maximum absolute atomic E-state index is 12.6. The highest BCUT2D eigenvalue weighted by Gasteiger charge is 2.18. The van der Waals surface area contributed by atoms with E-state index in [2.05, 4.69) is 41.0 Å². The summed E-state index contributed by atoms with van der Waals surface area (Å²) in [6.45, 7) is 5.73. The fourth-order valence-electron chi connectivity index (χ4n) is 2.74. The number of rotatable bonds is 7. The van der Waals surface area contributed by atoms with Crippen LogP contribution in [0.3, 0.4) is 0 Å². The Labute approximate surface area is 183 Å². The quantitative estimate of drug-likeness (QED) is 0.522. The molecular weight excluding hydrogens is 472 g/mol. The minimum absolute atomic E-state index is 0.0176. The Hall–Kier alpha value is -2.79. The number of amides is 1. The Kier molecular flexibility index (Phi) is 6.52. The van der Waals surface area contributed by atoms with Crippen molar-refractivity contribution in [1.29, 1.82) is 0 Å². The van der Waals surface area contributed by atoms with Gasteiger partial charge in [-0.25, -0.2) is 23.1 Å². The molecule has 0 aliphatic carbocycles. The number of sulfonamides is 1. The van der Waals surface area contributed by atoms with Crippen molar-refractivity contribution < 1.29 is 13.2 Å². The number of carbonyl (C=O) groups is 1. The molecule has 30 heavy (non-hydrogen) atoms. The van der Waals surface area contributed by atoms with Gasteiger partial charge in [0.15, 0.2) is 0 Å². The van der Waals surface area contributed by atoms with Gasteiger partial charge in [0.1, 0.15) is 0 Å². The van der Waals surface area contributed by atoms with Crippen LogP contribution in [0.4, 0.5) is 11.6 Å². The van der Waals surface area contributed by atoms with E-state index >= 15 is 0 Å². The van der Waals surface area contributed by atoms with Crippen LogP contribution in [0.5, 0.6) is 0 Å². The maximum atomic E-state index is 12.6. The summed E-state index contributed by atoms with van der Waals surface area (Å²) in [5.74, 6) is -0.508. The SMILES string of the molecule is Cc1cc(C)nc(NS(=O)(=O)c2ccc(NC(=O)C(C)Cn3cc(Br)cn3)cc2)n1. The first-order valence-corrected chi connectivity index (χ1v) is 11.3.